The molecule has 4 heteroatoms. The number of aromatic nitrogens is 2. The summed E-state index contributed by atoms with van der Waals surface area (Å²) in [5.41, 5.74) is 8.92. The zero-order valence-electron chi connectivity index (χ0n) is 9.81. The summed E-state index contributed by atoms with van der Waals surface area (Å²) in [5, 5.41) is 0. The van der Waals surface area contributed by atoms with E-state index >= 15 is 0 Å². The van der Waals surface area contributed by atoms with Crippen molar-refractivity contribution in [1.82, 2.24) is 9.97 Å². The minimum absolute atomic E-state index is 0.301. The highest BCUT2D eigenvalue weighted by Crippen LogP contribution is 2.30. The van der Waals surface area contributed by atoms with E-state index in [0.717, 1.165) is 21.3 Å². The number of hydrogen-bond donors (Lipinski definition) is 1. The molecule has 17 heavy (non-hydrogen) atoms. The first-order chi connectivity index (χ1) is 8.09. The molecule has 0 amide bonds. The van der Waals surface area contributed by atoms with Gasteiger partial charge in [0, 0.05) is 15.6 Å². The van der Waals surface area contributed by atoms with E-state index < -0.39 is 0 Å². The van der Waals surface area contributed by atoms with Crippen LogP contribution in [0.3, 0.4) is 0 Å². The van der Waals surface area contributed by atoms with Crippen molar-refractivity contribution in [3.05, 3.63) is 40.6 Å². The highest BCUT2D eigenvalue weighted by atomic mass is 79.9. The molecule has 0 aliphatic heterocycles. The molecule has 2 N–H and O–H groups in total. The van der Waals surface area contributed by atoms with Gasteiger partial charge in [0.1, 0.15) is 12.1 Å². The van der Waals surface area contributed by atoms with E-state index in [-0.39, 0.29) is 0 Å². The molecule has 0 spiro atoms. The molecule has 0 bridgehead atoms. The Labute approximate surface area is 109 Å². The molecule has 0 aliphatic carbocycles. The SMILES string of the molecule is CC(C)c1c(N)ncnc1-c1ccc(Br)cc1. The number of halogens is 1. The quantitative estimate of drug-likeness (QED) is 0.920. The van der Waals surface area contributed by atoms with Gasteiger partial charge in [0.2, 0.25) is 0 Å². The van der Waals surface area contributed by atoms with Crippen LogP contribution in [-0.4, -0.2) is 9.97 Å². The first kappa shape index (κ1) is 12.0. The summed E-state index contributed by atoms with van der Waals surface area (Å²) in [7, 11) is 0. The van der Waals surface area contributed by atoms with Crippen LogP contribution in [0, 0.1) is 0 Å². The summed E-state index contributed by atoms with van der Waals surface area (Å²) < 4.78 is 1.05. The van der Waals surface area contributed by atoms with E-state index in [4.69, 9.17) is 5.73 Å². The third kappa shape index (κ3) is 2.47. The Morgan fingerprint density at radius 1 is 1.12 bits per heavy atom. The predicted molar refractivity (Wildman–Crippen MR) is 73.7 cm³/mol. The molecule has 2 aromatic rings. The number of nitrogens with two attached hydrogens (primary N) is 1. The Morgan fingerprint density at radius 2 is 1.76 bits per heavy atom. The lowest BCUT2D eigenvalue weighted by molar-refractivity contribution is 0.854. The Kier molecular flexibility index (Phi) is 3.43. The van der Waals surface area contributed by atoms with E-state index in [0.29, 0.717) is 11.7 Å². The fourth-order valence-electron chi connectivity index (χ4n) is 1.82. The number of anilines is 1. The number of benzene rings is 1. The predicted octanol–water partition coefficient (Wildman–Crippen LogP) is 3.61. The van der Waals surface area contributed by atoms with E-state index in [2.05, 4.69) is 39.7 Å². The molecule has 1 aromatic carbocycles. The molecule has 0 unspecified atom stereocenters. The lowest BCUT2D eigenvalue weighted by atomic mass is 9.98. The van der Waals surface area contributed by atoms with Crippen molar-refractivity contribution in [1.29, 1.82) is 0 Å². The third-order valence-electron chi connectivity index (χ3n) is 2.61. The molecule has 0 atom stereocenters. The molecule has 3 nitrogen and oxygen atoms in total. The van der Waals surface area contributed by atoms with E-state index in [1.54, 1.807) is 0 Å². The largest absolute Gasteiger partial charge is 0.383 e. The molecule has 0 aliphatic rings. The minimum Gasteiger partial charge on any atom is -0.383 e. The number of nitrogens with zero attached hydrogens (tertiary/aromatic N) is 2. The summed E-state index contributed by atoms with van der Waals surface area (Å²) in [6.07, 6.45) is 1.51. The summed E-state index contributed by atoms with van der Waals surface area (Å²) in [6.45, 7) is 4.19. The molecule has 88 valence electrons. The molecular formula is C13H14BrN3. The van der Waals surface area contributed by atoms with Gasteiger partial charge >= 0.3 is 0 Å². The van der Waals surface area contributed by atoms with Crippen molar-refractivity contribution in [3.8, 4) is 11.3 Å². The monoisotopic (exact) mass is 291 g/mol. The standard InChI is InChI=1S/C13H14BrN3/c1-8(2)11-12(16-7-17-13(11)15)9-3-5-10(14)6-4-9/h3-8H,1-2H3,(H2,15,16,17). The first-order valence-electron chi connectivity index (χ1n) is 5.46. The Balaban J connectivity index is 2.59. The van der Waals surface area contributed by atoms with Gasteiger partial charge in [0.05, 0.1) is 5.69 Å². The van der Waals surface area contributed by atoms with Gasteiger partial charge in [-0.15, -0.1) is 0 Å². The Morgan fingerprint density at radius 3 is 2.35 bits per heavy atom. The van der Waals surface area contributed by atoms with Crippen LogP contribution in [0.5, 0.6) is 0 Å². The van der Waals surface area contributed by atoms with Crippen molar-refractivity contribution < 1.29 is 0 Å². The average molecular weight is 292 g/mol. The maximum Gasteiger partial charge on any atom is 0.130 e. The summed E-state index contributed by atoms with van der Waals surface area (Å²) in [4.78, 5) is 8.42. The first-order valence-corrected chi connectivity index (χ1v) is 6.25. The second kappa shape index (κ2) is 4.84. The maximum absolute atomic E-state index is 5.93. The Hall–Kier alpha value is -1.42. The van der Waals surface area contributed by atoms with Crippen molar-refractivity contribution in [3.63, 3.8) is 0 Å². The highest BCUT2D eigenvalue weighted by Gasteiger charge is 2.14. The molecule has 2 rings (SSSR count). The van der Waals surface area contributed by atoms with Crippen LogP contribution >= 0.6 is 15.9 Å². The van der Waals surface area contributed by atoms with Crippen LogP contribution in [-0.2, 0) is 0 Å². The second-order valence-electron chi connectivity index (χ2n) is 4.18. The number of rotatable bonds is 2. The summed E-state index contributed by atoms with van der Waals surface area (Å²) in [5.74, 6) is 0.864. The van der Waals surface area contributed by atoms with E-state index in [9.17, 15) is 0 Å². The van der Waals surface area contributed by atoms with Gasteiger partial charge in [-0.2, -0.15) is 0 Å². The molecule has 0 fully saturated rings. The van der Waals surface area contributed by atoms with Gasteiger partial charge in [0.15, 0.2) is 0 Å². The van der Waals surface area contributed by atoms with E-state index in [1.807, 2.05) is 24.3 Å². The van der Waals surface area contributed by atoms with Crippen molar-refractivity contribution in [2.45, 2.75) is 19.8 Å². The molecule has 0 radical (unpaired) electrons. The lowest BCUT2D eigenvalue weighted by Gasteiger charge is -2.13. The van der Waals surface area contributed by atoms with Gasteiger partial charge in [-0.1, -0.05) is 41.9 Å². The lowest BCUT2D eigenvalue weighted by Crippen LogP contribution is -2.04. The summed E-state index contributed by atoms with van der Waals surface area (Å²) >= 11 is 3.42. The van der Waals surface area contributed by atoms with Gasteiger partial charge in [-0.05, 0) is 18.1 Å². The third-order valence-corrected chi connectivity index (χ3v) is 3.14. The van der Waals surface area contributed by atoms with Crippen LogP contribution in [0.1, 0.15) is 25.3 Å². The molecule has 0 saturated carbocycles. The summed E-state index contributed by atoms with van der Waals surface area (Å²) in [6, 6.07) is 8.05. The average Bonchev–Trinajstić information content (AvgIpc) is 2.29. The van der Waals surface area contributed by atoms with Crippen molar-refractivity contribution >= 4 is 21.7 Å². The topological polar surface area (TPSA) is 51.8 Å². The van der Waals surface area contributed by atoms with Crippen LogP contribution in [0.2, 0.25) is 0 Å². The smallest absolute Gasteiger partial charge is 0.130 e. The van der Waals surface area contributed by atoms with Crippen LogP contribution in [0.25, 0.3) is 11.3 Å². The minimum atomic E-state index is 0.301. The molecule has 1 aromatic heterocycles. The Bertz CT molecular complexity index is 521. The van der Waals surface area contributed by atoms with Crippen molar-refractivity contribution in [2.75, 3.05) is 5.73 Å². The molecule has 0 saturated heterocycles. The molecule has 1 heterocycles. The maximum atomic E-state index is 5.93. The normalized spacial score (nSPS) is 10.8. The second-order valence-corrected chi connectivity index (χ2v) is 5.10. The van der Waals surface area contributed by atoms with Gasteiger partial charge < -0.3 is 5.73 Å². The zero-order valence-corrected chi connectivity index (χ0v) is 11.4. The fourth-order valence-corrected chi connectivity index (χ4v) is 2.08. The highest BCUT2D eigenvalue weighted by molar-refractivity contribution is 9.10. The molecular weight excluding hydrogens is 278 g/mol. The van der Waals surface area contributed by atoms with Crippen LogP contribution in [0.4, 0.5) is 5.82 Å². The van der Waals surface area contributed by atoms with Crippen molar-refractivity contribution in [2.24, 2.45) is 0 Å². The van der Waals surface area contributed by atoms with Gasteiger partial charge in [-0.3, -0.25) is 0 Å². The number of hydrogen-bond acceptors (Lipinski definition) is 3. The van der Waals surface area contributed by atoms with Gasteiger partial charge in [0.25, 0.3) is 0 Å². The van der Waals surface area contributed by atoms with Crippen LogP contribution in [0.15, 0.2) is 35.1 Å². The van der Waals surface area contributed by atoms with E-state index in [1.165, 1.54) is 6.33 Å². The zero-order chi connectivity index (χ0) is 12.4. The fraction of sp³-hybridized carbons (Fsp3) is 0.231. The number of nitrogen functional groups attached to an aromatic ring is 1. The van der Waals surface area contributed by atoms with Gasteiger partial charge in [-0.25, -0.2) is 9.97 Å². The van der Waals surface area contributed by atoms with Crippen LogP contribution < -0.4 is 5.73 Å².